The van der Waals surface area contributed by atoms with Crippen LogP contribution < -0.4 is 10.6 Å². The number of aryl methyl sites for hydroxylation is 1. The Hall–Kier alpha value is -2.38. The average molecular weight is 430 g/mol. The summed E-state index contributed by atoms with van der Waals surface area (Å²) in [7, 11) is -3.55. The smallest absolute Gasteiger partial charge is 0.243 e. The van der Waals surface area contributed by atoms with Gasteiger partial charge in [-0.3, -0.25) is 4.79 Å². The summed E-state index contributed by atoms with van der Waals surface area (Å²) in [6.07, 6.45) is 2.16. The van der Waals surface area contributed by atoms with Gasteiger partial charge in [0.15, 0.2) is 0 Å². The minimum absolute atomic E-state index is 0.0613. The molecule has 2 aromatic carbocycles. The zero-order valence-electron chi connectivity index (χ0n) is 17.9. The highest BCUT2D eigenvalue weighted by Crippen LogP contribution is 2.47. The van der Waals surface area contributed by atoms with E-state index in [1.807, 2.05) is 32.0 Å². The number of carbonyl (C=O) groups excluding carboxylic acids is 1. The van der Waals surface area contributed by atoms with Crippen LogP contribution in [0, 0.1) is 6.92 Å². The van der Waals surface area contributed by atoms with Gasteiger partial charge in [0, 0.05) is 30.7 Å². The van der Waals surface area contributed by atoms with Gasteiger partial charge >= 0.3 is 0 Å². The molecule has 1 amide bonds. The van der Waals surface area contributed by atoms with Crippen molar-refractivity contribution in [1.82, 2.24) is 9.62 Å². The number of anilines is 1. The molecule has 3 rings (SSSR count). The summed E-state index contributed by atoms with van der Waals surface area (Å²) in [5.41, 5.74) is 2.63. The molecule has 1 fully saturated rings. The van der Waals surface area contributed by atoms with Crippen molar-refractivity contribution in [2.75, 3.05) is 31.5 Å². The topological polar surface area (TPSA) is 78.5 Å². The Morgan fingerprint density at radius 1 is 1.07 bits per heavy atom. The lowest BCUT2D eigenvalue weighted by Crippen LogP contribution is -2.36. The zero-order chi connectivity index (χ0) is 21.8. The average Bonchev–Trinajstić information content (AvgIpc) is 3.54. The number of nitrogens with one attached hydrogen (secondary N) is 2. The summed E-state index contributed by atoms with van der Waals surface area (Å²) in [6, 6.07) is 15.5. The maximum absolute atomic E-state index is 12.9. The summed E-state index contributed by atoms with van der Waals surface area (Å²) in [4.78, 5) is 12.6. The van der Waals surface area contributed by atoms with Crippen molar-refractivity contribution in [2.24, 2.45) is 0 Å². The standard InChI is InChI=1S/C23H31N3O3S/c1-4-26(5-2)30(28,29)21-15-20(12-11-18(21)3)24-16-22(27)25-17-23(13-14-23)19-9-7-6-8-10-19/h6-12,15,24H,4-5,13-14,16-17H2,1-3H3,(H,25,27). The van der Waals surface area contributed by atoms with Crippen LogP contribution in [0.3, 0.4) is 0 Å². The highest BCUT2D eigenvalue weighted by atomic mass is 32.2. The molecule has 6 nitrogen and oxygen atoms in total. The first-order chi connectivity index (χ1) is 14.3. The van der Waals surface area contributed by atoms with Crippen molar-refractivity contribution in [3.63, 3.8) is 0 Å². The van der Waals surface area contributed by atoms with E-state index < -0.39 is 10.0 Å². The maximum Gasteiger partial charge on any atom is 0.243 e. The van der Waals surface area contributed by atoms with E-state index in [2.05, 4.69) is 22.8 Å². The van der Waals surface area contributed by atoms with Gasteiger partial charge in [-0.15, -0.1) is 0 Å². The van der Waals surface area contributed by atoms with Gasteiger partial charge in [-0.1, -0.05) is 50.2 Å². The number of amides is 1. The largest absolute Gasteiger partial charge is 0.376 e. The van der Waals surface area contributed by atoms with Gasteiger partial charge in [-0.2, -0.15) is 4.31 Å². The van der Waals surface area contributed by atoms with Crippen LogP contribution in [0.5, 0.6) is 0 Å². The Morgan fingerprint density at radius 2 is 1.73 bits per heavy atom. The fourth-order valence-electron chi connectivity index (χ4n) is 3.71. The Bertz CT molecular complexity index is 982. The van der Waals surface area contributed by atoms with Crippen LogP contribution in [-0.2, 0) is 20.2 Å². The Kier molecular flexibility index (Phi) is 6.83. The molecule has 0 spiro atoms. The van der Waals surface area contributed by atoms with Gasteiger partial charge in [0.25, 0.3) is 0 Å². The minimum atomic E-state index is -3.55. The van der Waals surface area contributed by atoms with E-state index in [1.165, 1.54) is 9.87 Å². The van der Waals surface area contributed by atoms with Crippen molar-refractivity contribution in [3.05, 3.63) is 59.7 Å². The predicted octanol–water partition coefficient (Wildman–Crippen LogP) is 3.29. The van der Waals surface area contributed by atoms with E-state index in [9.17, 15) is 13.2 Å². The van der Waals surface area contributed by atoms with Crippen molar-refractivity contribution in [2.45, 2.75) is 43.9 Å². The quantitative estimate of drug-likeness (QED) is 0.608. The summed E-state index contributed by atoms with van der Waals surface area (Å²) in [6.45, 7) is 6.98. The molecule has 2 N–H and O–H groups in total. The molecule has 1 saturated carbocycles. The van der Waals surface area contributed by atoms with Crippen molar-refractivity contribution in [3.8, 4) is 0 Å². The number of hydrogen-bond acceptors (Lipinski definition) is 4. The molecule has 0 aliphatic heterocycles. The van der Waals surface area contributed by atoms with Crippen LogP contribution in [0.15, 0.2) is 53.4 Å². The summed E-state index contributed by atoms with van der Waals surface area (Å²) >= 11 is 0. The number of hydrogen-bond donors (Lipinski definition) is 2. The third-order valence-electron chi connectivity index (χ3n) is 5.83. The molecule has 0 aromatic heterocycles. The Balaban J connectivity index is 1.60. The second-order valence-electron chi connectivity index (χ2n) is 7.85. The molecule has 1 aliphatic carbocycles. The first-order valence-corrected chi connectivity index (χ1v) is 11.9. The van der Waals surface area contributed by atoms with E-state index in [0.29, 0.717) is 30.9 Å². The SMILES string of the molecule is CCN(CC)S(=O)(=O)c1cc(NCC(=O)NCC2(c3ccccc3)CC2)ccc1C. The highest BCUT2D eigenvalue weighted by molar-refractivity contribution is 7.89. The molecule has 7 heteroatoms. The van der Waals surface area contributed by atoms with Crippen LogP contribution in [0.25, 0.3) is 0 Å². The van der Waals surface area contributed by atoms with Gasteiger partial charge in [0.1, 0.15) is 0 Å². The maximum atomic E-state index is 12.9. The first-order valence-electron chi connectivity index (χ1n) is 10.5. The summed E-state index contributed by atoms with van der Waals surface area (Å²) in [5, 5.41) is 6.08. The molecule has 162 valence electrons. The molecular formula is C23H31N3O3S. The third kappa shape index (κ3) is 4.84. The summed E-state index contributed by atoms with van der Waals surface area (Å²) < 4.78 is 27.2. The lowest BCUT2D eigenvalue weighted by molar-refractivity contribution is -0.119. The van der Waals surface area contributed by atoms with E-state index >= 15 is 0 Å². The van der Waals surface area contributed by atoms with Crippen molar-refractivity contribution < 1.29 is 13.2 Å². The van der Waals surface area contributed by atoms with Gasteiger partial charge in [0.05, 0.1) is 11.4 Å². The molecule has 0 unspecified atom stereocenters. The van der Waals surface area contributed by atoms with Crippen LogP contribution in [0.2, 0.25) is 0 Å². The van der Waals surface area contributed by atoms with Gasteiger partial charge < -0.3 is 10.6 Å². The normalized spacial score (nSPS) is 15.1. The lowest BCUT2D eigenvalue weighted by atomic mass is 9.96. The number of benzene rings is 2. The fraction of sp³-hybridized carbons (Fsp3) is 0.435. The van der Waals surface area contributed by atoms with Crippen LogP contribution in [0.4, 0.5) is 5.69 Å². The molecule has 0 atom stereocenters. The van der Waals surface area contributed by atoms with E-state index in [4.69, 9.17) is 0 Å². The van der Waals surface area contributed by atoms with Gasteiger partial charge in [-0.05, 0) is 43.0 Å². The lowest BCUT2D eigenvalue weighted by Gasteiger charge is -2.20. The van der Waals surface area contributed by atoms with E-state index in [-0.39, 0.29) is 22.8 Å². The molecule has 0 bridgehead atoms. The fourth-order valence-corrected chi connectivity index (χ4v) is 5.42. The Morgan fingerprint density at radius 3 is 2.33 bits per heavy atom. The summed E-state index contributed by atoms with van der Waals surface area (Å²) in [5.74, 6) is -0.106. The Labute approximate surface area is 179 Å². The molecule has 0 radical (unpaired) electrons. The molecule has 1 aliphatic rings. The molecule has 0 heterocycles. The number of rotatable bonds is 10. The second kappa shape index (κ2) is 9.18. The van der Waals surface area contributed by atoms with E-state index in [0.717, 1.165) is 12.8 Å². The highest BCUT2D eigenvalue weighted by Gasteiger charge is 2.44. The van der Waals surface area contributed by atoms with Crippen LogP contribution >= 0.6 is 0 Å². The van der Waals surface area contributed by atoms with Crippen molar-refractivity contribution in [1.29, 1.82) is 0 Å². The number of carbonyl (C=O) groups is 1. The van der Waals surface area contributed by atoms with Gasteiger partial charge in [0.2, 0.25) is 15.9 Å². The second-order valence-corrected chi connectivity index (χ2v) is 9.75. The molecule has 0 saturated heterocycles. The number of nitrogens with zero attached hydrogens (tertiary/aromatic N) is 1. The molecule has 30 heavy (non-hydrogen) atoms. The third-order valence-corrected chi connectivity index (χ3v) is 8.02. The van der Waals surface area contributed by atoms with Gasteiger partial charge in [-0.25, -0.2) is 8.42 Å². The first kappa shape index (κ1) is 22.3. The predicted molar refractivity (Wildman–Crippen MR) is 120 cm³/mol. The minimum Gasteiger partial charge on any atom is -0.376 e. The zero-order valence-corrected chi connectivity index (χ0v) is 18.8. The number of sulfonamides is 1. The monoisotopic (exact) mass is 429 g/mol. The van der Waals surface area contributed by atoms with Crippen LogP contribution in [0.1, 0.15) is 37.8 Å². The van der Waals surface area contributed by atoms with Crippen molar-refractivity contribution >= 4 is 21.6 Å². The molecule has 2 aromatic rings. The molecular weight excluding hydrogens is 398 g/mol. The van der Waals surface area contributed by atoms with E-state index in [1.54, 1.807) is 25.1 Å². The van der Waals surface area contributed by atoms with Crippen LogP contribution in [-0.4, -0.2) is 44.8 Å².